The number of carbonyl (C=O) groups is 1. The van der Waals surface area contributed by atoms with E-state index in [1.54, 1.807) is 13.0 Å². The zero-order valence-corrected chi connectivity index (χ0v) is 11.1. The van der Waals surface area contributed by atoms with Gasteiger partial charge >= 0.3 is 0 Å². The smallest absolute Gasteiger partial charge is 0.219 e. The van der Waals surface area contributed by atoms with Crippen molar-refractivity contribution in [2.75, 3.05) is 5.32 Å². The van der Waals surface area contributed by atoms with Crippen LogP contribution < -0.4 is 11.1 Å². The summed E-state index contributed by atoms with van der Waals surface area (Å²) in [5.41, 5.74) is 4.75. The fourth-order valence-electron chi connectivity index (χ4n) is 1.42. The maximum absolute atomic E-state index is 10.9. The van der Waals surface area contributed by atoms with Gasteiger partial charge in [-0.15, -0.1) is 0 Å². The van der Waals surface area contributed by atoms with E-state index < -0.39 is 5.54 Å². The average Bonchev–Trinajstić information content (AvgIpc) is 1.95. The van der Waals surface area contributed by atoms with Crippen LogP contribution in [0.1, 0.15) is 26.1 Å². The first-order chi connectivity index (χ1) is 7.28. The number of carbonyl (C=O) groups excluding carboxylic acids is 1. The second-order valence-electron chi connectivity index (χ2n) is 4.28. The molecule has 0 atom stereocenters. The van der Waals surface area contributed by atoms with Crippen LogP contribution in [0.25, 0.3) is 0 Å². The number of nitrogens with zero attached hydrogens (tertiary/aromatic N) is 2. The van der Waals surface area contributed by atoms with E-state index in [0.29, 0.717) is 16.2 Å². The maximum atomic E-state index is 10.9. The molecule has 0 spiro atoms. The van der Waals surface area contributed by atoms with Crippen LogP contribution >= 0.6 is 15.9 Å². The first-order valence-electron chi connectivity index (χ1n) is 4.86. The molecule has 0 aliphatic carbocycles. The molecule has 0 aromatic carbocycles. The van der Waals surface area contributed by atoms with Crippen LogP contribution in [0.3, 0.4) is 0 Å². The molecule has 0 fully saturated rings. The van der Waals surface area contributed by atoms with Crippen LogP contribution in [0.15, 0.2) is 10.7 Å². The summed E-state index contributed by atoms with van der Waals surface area (Å²) in [5.74, 6) is 0.986. The Morgan fingerprint density at radius 2 is 2.19 bits per heavy atom. The van der Waals surface area contributed by atoms with Crippen molar-refractivity contribution in [1.82, 2.24) is 9.97 Å². The van der Waals surface area contributed by atoms with E-state index >= 15 is 0 Å². The van der Waals surface area contributed by atoms with Gasteiger partial charge in [-0.2, -0.15) is 0 Å². The SMILES string of the molecule is Cc1nc(Br)cc(NC(C)(C)CC(N)=O)n1. The fraction of sp³-hybridized carbons (Fsp3) is 0.500. The van der Waals surface area contributed by atoms with Gasteiger partial charge < -0.3 is 11.1 Å². The largest absolute Gasteiger partial charge is 0.370 e. The number of nitrogens with two attached hydrogens (primary N) is 1. The number of nitrogens with one attached hydrogen (secondary N) is 1. The summed E-state index contributed by atoms with van der Waals surface area (Å²) in [4.78, 5) is 19.2. The number of amides is 1. The summed E-state index contributed by atoms with van der Waals surface area (Å²) >= 11 is 3.29. The Balaban J connectivity index is 2.83. The molecule has 16 heavy (non-hydrogen) atoms. The number of anilines is 1. The Morgan fingerprint density at radius 1 is 1.56 bits per heavy atom. The summed E-state index contributed by atoms with van der Waals surface area (Å²) in [6.45, 7) is 5.59. The predicted molar refractivity (Wildman–Crippen MR) is 66.0 cm³/mol. The second-order valence-corrected chi connectivity index (χ2v) is 5.09. The van der Waals surface area contributed by atoms with E-state index in [1.807, 2.05) is 13.8 Å². The Bertz CT molecular complexity index is 386. The van der Waals surface area contributed by atoms with Gasteiger partial charge in [0, 0.05) is 18.0 Å². The van der Waals surface area contributed by atoms with E-state index in [2.05, 4.69) is 31.2 Å². The van der Waals surface area contributed by atoms with Crippen molar-refractivity contribution in [2.24, 2.45) is 5.73 Å². The molecular formula is C10H15BrN4O. The van der Waals surface area contributed by atoms with Gasteiger partial charge in [-0.05, 0) is 36.7 Å². The van der Waals surface area contributed by atoms with Crippen LogP contribution in [-0.2, 0) is 4.79 Å². The number of rotatable bonds is 4. The normalized spacial score (nSPS) is 11.2. The van der Waals surface area contributed by atoms with Crippen molar-refractivity contribution in [2.45, 2.75) is 32.7 Å². The van der Waals surface area contributed by atoms with Crippen molar-refractivity contribution >= 4 is 27.7 Å². The molecule has 0 bridgehead atoms. The zero-order chi connectivity index (χ0) is 12.3. The molecule has 1 amide bonds. The molecule has 0 saturated heterocycles. The Hall–Kier alpha value is -1.17. The molecule has 1 rings (SSSR count). The van der Waals surface area contributed by atoms with Crippen LogP contribution in [0.4, 0.5) is 5.82 Å². The highest BCUT2D eigenvalue weighted by molar-refractivity contribution is 9.10. The molecule has 0 saturated carbocycles. The van der Waals surface area contributed by atoms with Gasteiger partial charge in [0.15, 0.2) is 0 Å². The number of hydrogen-bond acceptors (Lipinski definition) is 4. The van der Waals surface area contributed by atoms with Crippen molar-refractivity contribution < 1.29 is 4.79 Å². The average molecular weight is 287 g/mol. The molecule has 0 unspecified atom stereocenters. The number of hydrogen-bond donors (Lipinski definition) is 2. The molecule has 0 radical (unpaired) electrons. The van der Waals surface area contributed by atoms with Gasteiger partial charge in [-0.3, -0.25) is 4.79 Å². The molecule has 1 heterocycles. The van der Waals surface area contributed by atoms with Crippen molar-refractivity contribution in [3.63, 3.8) is 0 Å². The number of aryl methyl sites for hydroxylation is 1. The molecule has 3 N–H and O–H groups in total. The van der Waals surface area contributed by atoms with Crippen LogP contribution in [0.2, 0.25) is 0 Å². The maximum Gasteiger partial charge on any atom is 0.219 e. The zero-order valence-electron chi connectivity index (χ0n) is 9.54. The lowest BCUT2D eigenvalue weighted by Crippen LogP contribution is -2.36. The Morgan fingerprint density at radius 3 is 2.69 bits per heavy atom. The summed E-state index contributed by atoms with van der Waals surface area (Å²) < 4.78 is 0.706. The molecule has 0 aliphatic rings. The van der Waals surface area contributed by atoms with Crippen LogP contribution in [0.5, 0.6) is 0 Å². The minimum Gasteiger partial charge on any atom is -0.370 e. The van der Waals surface area contributed by atoms with Crippen LogP contribution in [-0.4, -0.2) is 21.4 Å². The van der Waals surface area contributed by atoms with Gasteiger partial charge in [0.2, 0.25) is 5.91 Å². The summed E-state index contributed by atoms with van der Waals surface area (Å²) in [6, 6.07) is 1.76. The number of halogens is 1. The highest BCUT2D eigenvalue weighted by Gasteiger charge is 2.21. The highest BCUT2D eigenvalue weighted by Crippen LogP contribution is 2.18. The van der Waals surface area contributed by atoms with Gasteiger partial charge in [-0.1, -0.05) is 0 Å². The highest BCUT2D eigenvalue weighted by atomic mass is 79.9. The summed E-state index contributed by atoms with van der Waals surface area (Å²) in [7, 11) is 0. The van der Waals surface area contributed by atoms with Crippen molar-refractivity contribution in [3.8, 4) is 0 Å². The van der Waals surface area contributed by atoms with E-state index in [-0.39, 0.29) is 12.3 Å². The molecule has 1 aromatic rings. The third-order valence-corrected chi connectivity index (χ3v) is 2.30. The van der Waals surface area contributed by atoms with Crippen LogP contribution in [0, 0.1) is 6.92 Å². The second kappa shape index (κ2) is 4.78. The number of aromatic nitrogens is 2. The van der Waals surface area contributed by atoms with Gasteiger partial charge in [0.05, 0.1) is 0 Å². The molecule has 5 nitrogen and oxygen atoms in total. The lowest BCUT2D eigenvalue weighted by atomic mass is 10.0. The minimum absolute atomic E-state index is 0.244. The topological polar surface area (TPSA) is 80.9 Å². The van der Waals surface area contributed by atoms with Crippen molar-refractivity contribution in [1.29, 1.82) is 0 Å². The van der Waals surface area contributed by atoms with Gasteiger partial charge in [0.1, 0.15) is 16.2 Å². The fourth-order valence-corrected chi connectivity index (χ4v) is 1.90. The van der Waals surface area contributed by atoms with Gasteiger partial charge in [0.25, 0.3) is 0 Å². The first-order valence-corrected chi connectivity index (χ1v) is 5.65. The molecule has 6 heteroatoms. The third-order valence-electron chi connectivity index (χ3n) is 1.89. The summed E-state index contributed by atoms with van der Waals surface area (Å²) in [5, 5.41) is 3.15. The summed E-state index contributed by atoms with van der Waals surface area (Å²) in [6.07, 6.45) is 0.244. The van der Waals surface area contributed by atoms with Gasteiger partial charge in [-0.25, -0.2) is 9.97 Å². The monoisotopic (exact) mass is 286 g/mol. The van der Waals surface area contributed by atoms with E-state index in [9.17, 15) is 4.79 Å². The predicted octanol–water partition coefficient (Wildman–Crippen LogP) is 1.61. The Labute approximate surface area is 103 Å². The first kappa shape index (κ1) is 12.9. The van der Waals surface area contributed by atoms with E-state index in [4.69, 9.17) is 5.73 Å². The molecular weight excluding hydrogens is 272 g/mol. The lowest BCUT2D eigenvalue weighted by molar-refractivity contribution is -0.118. The molecule has 0 aliphatic heterocycles. The lowest BCUT2D eigenvalue weighted by Gasteiger charge is -2.25. The molecule has 88 valence electrons. The standard InChI is InChI=1S/C10H15BrN4O/c1-6-13-7(11)4-9(14-6)15-10(2,3)5-8(12)16/h4H,5H2,1-3H3,(H2,12,16)(H,13,14,15). The number of primary amides is 1. The third kappa shape index (κ3) is 4.14. The molecule has 1 aromatic heterocycles. The minimum atomic E-state index is -0.425. The quantitative estimate of drug-likeness (QED) is 0.824. The Kier molecular flexibility index (Phi) is 3.85. The van der Waals surface area contributed by atoms with E-state index in [0.717, 1.165) is 0 Å². The van der Waals surface area contributed by atoms with E-state index in [1.165, 1.54) is 0 Å². The van der Waals surface area contributed by atoms with Crippen molar-refractivity contribution in [3.05, 3.63) is 16.5 Å².